The van der Waals surface area contributed by atoms with Gasteiger partial charge < -0.3 is 5.32 Å². The topological polar surface area (TPSA) is 46.2 Å². The van der Waals surface area contributed by atoms with Crippen molar-refractivity contribution in [3.8, 4) is 0 Å². The van der Waals surface area contributed by atoms with Crippen molar-refractivity contribution in [2.75, 3.05) is 18.6 Å². The largest absolute Gasteiger partial charge is 0.311 e. The van der Waals surface area contributed by atoms with Crippen LogP contribution < -0.4 is 5.32 Å². The van der Waals surface area contributed by atoms with Gasteiger partial charge >= 0.3 is 0 Å². The van der Waals surface area contributed by atoms with Crippen molar-refractivity contribution >= 4 is 9.84 Å². The monoisotopic (exact) mass is 333 g/mol. The molecule has 0 aliphatic heterocycles. The molecule has 0 amide bonds. The highest BCUT2D eigenvalue weighted by atomic mass is 32.2. The van der Waals surface area contributed by atoms with E-state index in [-0.39, 0.29) is 5.54 Å². The molecule has 0 unspecified atom stereocenters. The second kappa shape index (κ2) is 12.3. The molecule has 134 valence electrons. The predicted molar refractivity (Wildman–Crippen MR) is 98.3 cm³/mol. The highest BCUT2D eigenvalue weighted by molar-refractivity contribution is 7.90. The third-order valence-corrected chi connectivity index (χ3v) is 5.44. The third-order valence-electron chi connectivity index (χ3n) is 4.41. The molecular weight excluding hydrogens is 294 g/mol. The fourth-order valence-corrected chi connectivity index (χ4v) is 3.58. The van der Waals surface area contributed by atoms with Crippen LogP contribution in [0.2, 0.25) is 0 Å². The van der Waals surface area contributed by atoms with Gasteiger partial charge in [0, 0.05) is 11.8 Å². The Morgan fingerprint density at radius 2 is 1.32 bits per heavy atom. The molecule has 0 spiro atoms. The summed E-state index contributed by atoms with van der Waals surface area (Å²) in [5.41, 5.74) is 0.180. The Labute approximate surface area is 139 Å². The highest BCUT2D eigenvalue weighted by Crippen LogP contribution is 2.22. The number of hydrogen-bond donors (Lipinski definition) is 1. The van der Waals surface area contributed by atoms with Crippen LogP contribution in [-0.2, 0) is 9.84 Å². The number of nitrogens with one attached hydrogen (secondary N) is 1. The molecule has 1 N–H and O–H groups in total. The molecule has 0 saturated carbocycles. The fraction of sp³-hybridized carbons (Fsp3) is 1.00. The van der Waals surface area contributed by atoms with Crippen LogP contribution in [0.5, 0.6) is 0 Å². The van der Waals surface area contributed by atoms with Gasteiger partial charge in [-0.2, -0.15) is 0 Å². The van der Waals surface area contributed by atoms with Gasteiger partial charge in [0.1, 0.15) is 9.84 Å². The first-order valence-corrected chi connectivity index (χ1v) is 11.3. The lowest BCUT2D eigenvalue weighted by Crippen LogP contribution is -2.43. The lowest BCUT2D eigenvalue weighted by molar-refractivity contribution is 0.288. The van der Waals surface area contributed by atoms with E-state index in [4.69, 9.17) is 0 Å². The first-order valence-electron chi connectivity index (χ1n) is 9.26. The summed E-state index contributed by atoms with van der Waals surface area (Å²) in [5.74, 6) is 0.293. The Balaban J connectivity index is 4.18. The molecule has 3 nitrogen and oxygen atoms in total. The van der Waals surface area contributed by atoms with Crippen molar-refractivity contribution < 1.29 is 8.42 Å². The zero-order chi connectivity index (χ0) is 16.9. The zero-order valence-corrected chi connectivity index (χ0v) is 16.2. The molecule has 4 heteroatoms. The number of rotatable bonds is 15. The van der Waals surface area contributed by atoms with Gasteiger partial charge in [0.15, 0.2) is 0 Å². The lowest BCUT2D eigenvalue weighted by Gasteiger charge is -2.31. The van der Waals surface area contributed by atoms with E-state index in [1.807, 2.05) is 0 Å². The van der Waals surface area contributed by atoms with Gasteiger partial charge in [0.25, 0.3) is 0 Å². The number of unbranched alkanes of at least 4 members (excludes halogenated alkanes) is 6. The second-order valence-corrected chi connectivity index (χ2v) is 9.35. The molecule has 0 aromatic rings. The van der Waals surface area contributed by atoms with Crippen LogP contribution >= 0.6 is 0 Å². The quantitative estimate of drug-likeness (QED) is 0.441. The van der Waals surface area contributed by atoms with Crippen LogP contribution in [0.1, 0.15) is 91.4 Å². The first kappa shape index (κ1) is 21.9. The summed E-state index contributed by atoms with van der Waals surface area (Å²) in [6.07, 6.45) is 14.8. The van der Waals surface area contributed by atoms with Gasteiger partial charge in [0.05, 0.1) is 5.75 Å². The molecule has 0 heterocycles. The van der Waals surface area contributed by atoms with E-state index in [1.54, 1.807) is 0 Å². The lowest BCUT2D eigenvalue weighted by atomic mass is 9.88. The Bertz CT molecular complexity index is 340. The smallest absolute Gasteiger partial charge is 0.147 e. The van der Waals surface area contributed by atoms with Gasteiger partial charge in [-0.05, 0) is 32.7 Å². The Morgan fingerprint density at radius 1 is 0.818 bits per heavy atom. The SMILES string of the molecule is CCCCCCC(C)(CCCCCC)NCCCS(C)(=O)=O. The Morgan fingerprint density at radius 3 is 1.73 bits per heavy atom. The molecule has 0 aliphatic carbocycles. The molecule has 22 heavy (non-hydrogen) atoms. The van der Waals surface area contributed by atoms with Crippen LogP contribution in [0.4, 0.5) is 0 Å². The maximum atomic E-state index is 11.2. The van der Waals surface area contributed by atoms with E-state index in [1.165, 1.54) is 70.5 Å². The highest BCUT2D eigenvalue weighted by Gasteiger charge is 2.22. The van der Waals surface area contributed by atoms with E-state index >= 15 is 0 Å². The summed E-state index contributed by atoms with van der Waals surface area (Å²) < 4.78 is 22.4. The minimum atomic E-state index is -2.83. The number of hydrogen-bond acceptors (Lipinski definition) is 3. The van der Waals surface area contributed by atoms with E-state index in [2.05, 4.69) is 26.1 Å². The molecule has 0 rings (SSSR count). The summed E-state index contributed by atoms with van der Waals surface area (Å²) in [4.78, 5) is 0. The van der Waals surface area contributed by atoms with Gasteiger partial charge in [-0.1, -0.05) is 65.2 Å². The van der Waals surface area contributed by atoms with E-state index in [9.17, 15) is 8.42 Å². The normalized spacial score (nSPS) is 12.7. The molecule has 0 aromatic heterocycles. The van der Waals surface area contributed by atoms with Crippen LogP contribution in [0, 0.1) is 0 Å². The van der Waals surface area contributed by atoms with Crippen molar-refractivity contribution in [3.05, 3.63) is 0 Å². The minimum Gasteiger partial charge on any atom is -0.311 e. The van der Waals surface area contributed by atoms with E-state index < -0.39 is 9.84 Å². The van der Waals surface area contributed by atoms with Gasteiger partial charge in [-0.15, -0.1) is 0 Å². The third kappa shape index (κ3) is 13.6. The average molecular weight is 334 g/mol. The number of sulfone groups is 1. The fourth-order valence-electron chi connectivity index (χ4n) is 2.91. The summed E-state index contributed by atoms with van der Waals surface area (Å²) in [6, 6.07) is 0. The minimum absolute atomic E-state index is 0.180. The summed E-state index contributed by atoms with van der Waals surface area (Å²) in [7, 11) is -2.83. The molecule has 0 radical (unpaired) electrons. The molecule has 0 aromatic carbocycles. The predicted octanol–water partition coefficient (Wildman–Crippen LogP) is 4.71. The molecular formula is C18H39NO2S. The molecule has 0 saturated heterocycles. The average Bonchev–Trinajstić information content (AvgIpc) is 2.44. The van der Waals surface area contributed by atoms with Crippen molar-refractivity contribution in [3.63, 3.8) is 0 Å². The summed E-state index contributed by atoms with van der Waals surface area (Å²) in [5, 5.41) is 3.66. The van der Waals surface area contributed by atoms with Crippen molar-refractivity contribution in [2.45, 2.75) is 96.9 Å². The van der Waals surface area contributed by atoms with Crippen LogP contribution in [-0.4, -0.2) is 32.5 Å². The van der Waals surface area contributed by atoms with Crippen molar-refractivity contribution in [1.29, 1.82) is 0 Å². The molecule has 0 aliphatic rings. The maximum Gasteiger partial charge on any atom is 0.147 e. The first-order chi connectivity index (χ1) is 10.3. The molecule has 0 atom stereocenters. The Kier molecular flexibility index (Phi) is 12.3. The Hall–Kier alpha value is -0.0900. The standard InChI is InChI=1S/C18H39NO2S/c1-5-7-9-11-14-18(3,15-12-10-8-6-2)19-16-13-17-22(4,20)21/h19H,5-17H2,1-4H3. The van der Waals surface area contributed by atoms with Crippen LogP contribution in [0.15, 0.2) is 0 Å². The van der Waals surface area contributed by atoms with Gasteiger partial charge in [-0.3, -0.25) is 0 Å². The zero-order valence-electron chi connectivity index (χ0n) is 15.4. The second-order valence-electron chi connectivity index (χ2n) is 7.09. The summed E-state index contributed by atoms with van der Waals surface area (Å²) in [6.45, 7) is 7.62. The van der Waals surface area contributed by atoms with Crippen LogP contribution in [0.3, 0.4) is 0 Å². The van der Waals surface area contributed by atoms with Crippen molar-refractivity contribution in [2.24, 2.45) is 0 Å². The van der Waals surface area contributed by atoms with Crippen molar-refractivity contribution in [1.82, 2.24) is 5.32 Å². The summed E-state index contributed by atoms with van der Waals surface area (Å²) >= 11 is 0. The van der Waals surface area contributed by atoms with Gasteiger partial charge in [-0.25, -0.2) is 8.42 Å². The van der Waals surface area contributed by atoms with Gasteiger partial charge in [0.2, 0.25) is 0 Å². The van der Waals surface area contributed by atoms with Crippen LogP contribution in [0.25, 0.3) is 0 Å². The van der Waals surface area contributed by atoms with E-state index in [0.717, 1.165) is 13.0 Å². The molecule has 0 fully saturated rings. The molecule has 0 bridgehead atoms. The maximum absolute atomic E-state index is 11.2. The van der Waals surface area contributed by atoms with E-state index in [0.29, 0.717) is 5.75 Å².